The Labute approximate surface area is 122 Å². The lowest BCUT2D eigenvalue weighted by Gasteiger charge is -2.26. The van der Waals surface area contributed by atoms with E-state index in [1.165, 1.54) is 12.1 Å². The van der Waals surface area contributed by atoms with Crippen LogP contribution in [0.4, 0.5) is 4.39 Å². The average Bonchev–Trinajstić information content (AvgIpc) is 2.86. The molecule has 104 valence electrons. The maximum Gasteiger partial charge on any atom is 0.255 e. The van der Waals surface area contributed by atoms with Crippen molar-refractivity contribution in [1.82, 2.24) is 4.90 Å². The van der Waals surface area contributed by atoms with E-state index in [9.17, 15) is 9.18 Å². The molecule has 1 saturated heterocycles. The molecule has 1 aromatic carbocycles. The molecule has 0 atom stereocenters. The highest BCUT2D eigenvalue weighted by molar-refractivity contribution is 9.10. The molecular weight excluding hydrogens is 309 g/mol. The summed E-state index contributed by atoms with van der Waals surface area (Å²) in [4.78, 5) is 14.3. The first-order chi connectivity index (χ1) is 9.01. The standard InChI is InChI=1S/C15H19BrFNO/c1-3-15(4-2)7-8-18(10-15)14(19)12-9-11(17)5-6-13(12)16/h5-6,9H,3-4,7-8,10H2,1-2H3. The highest BCUT2D eigenvalue weighted by atomic mass is 79.9. The fourth-order valence-electron chi connectivity index (χ4n) is 2.77. The van der Waals surface area contributed by atoms with Gasteiger partial charge in [-0.25, -0.2) is 4.39 Å². The minimum Gasteiger partial charge on any atom is -0.338 e. The van der Waals surface area contributed by atoms with Gasteiger partial charge in [-0.15, -0.1) is 0 Å². The minimum atomic E-state index is -0.372. The highest BCUT2D eigenvalue weighted by Crippen LogP contribution is 2.37. The second-order valence-corrected chi connectivity index (χ2v) is 6.16. The summed E-state index contributed by atoms with van der Waals surface area (Å²) >= 11 is 3.33. The van der Waals surface area contributed by atoms with E-state index in [2.05, 4.69) is 29.8 Å². The molecule has 0 bridgehead atoms. The lowest BCUT2D eigenvalue weighted by atomic mass is 9.82. The zero-order chi connectivity index (χ0) is 14.0. The van der Waals surface area contributed by atoms with Crippen molar-refractivity contribution in [2.75, 3.05) is 13.1 Å². The summed E-state index contributed by atoms with van der Waals surface area (Å²) in [6, 6.07) is 4.25. The van der Waals surface area contributed by atoms with Crippen LogP contribution in [0.1, 0.15) is 43.5 Å². The van der Waals surface area contributed by atoms with Crippen molar-refractivity contribution in [2.45, 2.75) is 33.1 Å². The maximum atomic E-state index is 13.3. The molecule has 19 heavy (non-hydrogen) atoms. The maximum absolute atomic E-state index is 13.3. The van der Waals surface area contributed by atoms with E-state index in [0.717, 1.165) is 32.4 Å². The highest BCUT2D eigenvalue weighted by Gasteiger charge is 2.37. The largest absolute Gasteiger partial charge is 0.338 e. The van der Waals surface area contributed by atoms with Crippen LogP contribution >= 0.6 is 15.9 Å². The third-order valence-electron chi connectivity index (χ3n) is 4.38. The van der Waals surface area contributed by atoms with E-state index in [-0.39, 0.29) is 17.1 Å². The number of nitrogens with zero attached hydrogens (tertiary/aromatic N) is 1. The Morgan fingerprint density at radius 1 is 1.42 bits per heavy atom. The first-order valence-corrected chi connectivity index (χ1v) is 7.55. The summed E-state index contributed by atoms with van der Waals surface area (Å²) in [5.74, 6) is -0.446. The van der Waals surface area contributed by atoms with Crippen molar-refractivity contribution < 1.29 is 9.18 Å². The molecule has 1 aliphatic heterocycles. The lowest BCUT2D eigenvalue weighted by Crippen LogP contribution is -2.32. The Kier molecular flexibility index (Phi) is 4.29. The van der Waals surface area contributed by atoms with Gasteiger partial charge in [0.25, 0.3) is 5.91 Å². The van der Waals surface area contributed by atoms with Gasteiger partial charge in [0, 0.05) is 17.6 Å². The third-order valence-corrected chi connectivity index (χ3v) is 5.08. The Morgan fingerprint density at radius 2 is 2.11 bits per heavy atom. The second-order valence-electron chi connectivity index (χ2n) is 5.31. The average molecular weight is 328 g/mol. The number of hydrogen-bond donors (Lipinski definition) is 0. The number of benzene rings is 1. The van der Waals surface area contributed by atoms with Gasteiger partial charge < -0.3 is 4.90 Å². The molecule has 0 saturated carbocycles. The number of amides is 1. The van der Waals surface area contributed by atoms with Crippen molar-refractivity contribution in [3.05, 3.63) is 34.1 Å². The van der Waals surface area contributed by atoms with Gasteiger partial charge in [0.05, 0.1) is 5.56 Å². The summed E-state index contributed by atoms with van der Waals surface area (Å²) in [6.07, 6.45) is 3.20. The fraction of sp³-hybridized carbons (Fsp3) is 0.533. The van der Waals surface area contributed by atoms with Crippen LogP contribution in [0.15, 0.2) is 22.7 Å². The van der Waals surface area contributed by atoms with Crippen LogP contribution in [-0.2, 0) is 0 Å². The van der Waals surface area contributed by atoms with E-state index in [1.807, 2.05) is 4.90 Å². The molecule has 0 unspecified atom stereocenters. The predicted molar refractivity (Wildman–Crippen MR) is 77.6 cm³/mol. The molecule has 4 heteroatoms. The number of rotatable bonds is 3. The summed E-state index contributed by atoms with van der Waals surface area (Å²) in [5.41, 5.74) is 0.665. The molecule has 0 spiro atoms. The van der Waals surface area contributed by atoms with Gasteiger partial charge >= 0.3 is 0 Å². The molecule has 1 aromatic rings. The molecule has 0 N–H and O–H groups in total. The number of likely N-dealkylation sites (tertiary alicyclic amines) is 1. The summed E-state index contributed by atoms with van der Waals surface area (Å²) in [6.45, 7) is 5.90. The van der Waals surface area contributed by atoms with Crippen molar-refractivity contribution >= 4 is 21.8 Å². The topological polar surface area (TPSA) is 20.3 Å². The number of carbonyl (C=O) groups is 1. The van der Waals surface area contributed by atoms with Gasteiger partial charge in [-0.05, 0) is 58.8 Å². The smallest absolute Gasteiger partial charge is 0.255 e. The quantitative estimate of drug-likeness (QED) is 0.813. The second kappa shape index (κ2) is 5.61. The van der Waals surface area contributed by atoms with Crippen molar-refractivity contribution in [3.8, 4) is 0 Å². The van der Waals surface area contributed by atoms with Crippen molar-refractivity contribution in [1.29, 1.82) is 0 Å². The fourth-order valence-corrected chi connectivity index (χ4v) is 3.18. The predicted octanol–water partition coefficient (Wildman–Crippen LogP) is 4.24. The molecule has 1 aliphatic rings. The number of halogens is 2. The molecule has 1 heterocycles. The van der Waals surface area contributed by atoms with Gasteiger partial charge in [0.15, 0.2) is 0 Å². The molecule has 0 radical (unpaired) electrons. The number of carbonyl (C=O) groups excluding carboxylic acids is 1. The SMILES string of the molecule is CCC1(CC)CCN(C(=O)c2cc(F)ccc2Br)C1. The summed E-state index contributed by atoms with van der Waals surface area (Å²) in [7, 11) is 0. The molecule has 0 aliphatic carbocycles. The van der Waals surface area contributed by atoms with Crippen molar-refractivity contribution in [3.63, 3.8) is 0 Å². The molecular formula is C15H19BrFNO. The van der Waals surface area contributed by atoms with Gasteiger partial charge in [-0.3, -0.25) is 4.79 Å². The van der Waals surface area contributed by atoms with Crippen LogP contribution in [0.5, 0.6) is 0 Å². The zero-order valence-corrected chi connectivity index (χ0v) is 13.0. The van der Waals surface area contributed by atoms with Crippen LogP contribution in [0.2, 0.25) is 0 Å². The Bertz CT molecular complexity index is 485. The van der Waals surface area contributed by atoms with Crippen molar-refractivity contribution in [2.24, 2.45) is 5.41 Å². The van der Waals surface area contributed by atoms with Crippen LogP contribution in [0.25, 0.3) is 0 Å². The first-order valence-electron chi connectivity index (χ1n) is 6.75. The van der Waals surface area contributed by atoms with E-state index in [4.69, 9.17) is 0 Å². The van der Waals surface area contributed by atoms with E-state index < -0.39 is 0 Å². The van der Waals surface area contributed by atoms with Crippen LogP contribution in [-0.4, -0.2) is 23.9 Å². The Morgan fingerprint density at radius 3 is 2.68 bits per heavy atom. The molecule has 2 nitrogen and oxygen atoms in total. The molecule has 0 aromatic heterocycles. The summed E-state index contributed by atoms with van der Waals surface area (Å²) in [5, 5.41) is 0. The van der Waals surface area contributed by atoms with Crippen LogP contribution in [0.3, 0.4) is 0 Å². The van der Waals surface area contributed by atoms with Gasteiger partial charge in [-0.2, -0.15) is 0 Å². The third kappa shape index (κ3) is 2.83. The normalized spacial score (nSPS) is 17.8. The van der Waals surface area contributed by atoms with E-state index in [1.54, 1.807) is 6.07 Å². The number of hydrogen-bond acceptors (Lipinski definition) is 1. The van der Waals surface area contributed by atoms with Gasteiger partial charge in [0.1, 0.15) is 5.82 Å². The van der Waals surface area contributed by atoms with E-state index >= 15 is 0 Å². The minimum absolute atomic E-state index is 0.0739. The Hall–Kier alpha value is -0.900. The molecule has 2 rings (SSSR count). The lowest BCUT2D eigenvalue weighted by molar-refractivity contribution is 0.0768. The molecule has 1 fully saturated rings. The zero-order valence-electron chi connectivity index (χ0n) is 11.4. The summed E-state index contributed by atoms with van der Waals surface area (Å²) < 4.78 is 13.9. The van der Waals surface area contributed by atoms with E-state index in [0.29, 0.717) is 10.0 Å². The Balaban J connectivity index is 2.20. The van der Waals surface area contributed by atoms with Gasteiger partial charge in [-0.1, -0.05) is 13.8 Å². The van der Waals surface area contributed by atoms with Crippen LogP contribution < -0.4 is 0 Å². The first kappa shape index (κ1) is 14.5. The van der Waals surface area contributed by atoms with Crippen LogP contribution in [0, 0.1) is 11.2 Å². The molecule has 1 amide bonds. The monoisotopic (exact) mass is 327 g/mol. The van der Waals surface area contributed by atoms with Gasteiger partial charge in [0.2, 0.25) is 0 Å².